The normalized spacial score (nSPS) is 12.4. The molecule has 0 fully saturated rings. The van der Waals surface area contributed by atoms with E-state index in [0.29, 0.717) is 6.61 Å². The van der Waals surface area contributed by atoms with Gasteiger partial charge in [-0.2, -0.15) is 5.10 Å². The molecule has 0 spiro atoms. The first-order chi connectivity index (χ1) is 9.63. The van der Waals surface area contributed by atoms with Crippen LogP contribution in [0.1, 0.15) is 43.3 Å². The Balaban J connectivity index is 1.98. The Morgan fingerprint density at radius 1 is 1.25 bits per heavy atom. The van der Waals surface area contributed by atoms with Crippen molar-refractivity contribution in [1.82, 2.24) is 9.78 Å². The van der Waals surface area contributed by atoms with Gasteiger partial charge in [-0.1, -0.05) is 26.0 Å². The first-order valence-electron chi connectivity index (χ1n) is 7.14. The fraction of sp³-hybridized carbons (Fsp3) is 0.438. The standard InChI is InChI=1S/C16H23N3O/c1-4-13-10-14(19(3)18-13)11-20-15-8-6-12(7-9-15)16(17)5-2/h6-10,16H,4-5,11,17H2,1-3H3. The first kappa shape index (κ1) is 14.6. The van der Waals surface area contributed by atoms with Crippen molar-refractivity contribution in [2.24, 2.45) is 12.8 Å². The summed E-state index contributed by atoms with van der Waals surface area (Å²) in [5.41, 5.74) is 9.31. The summed E-state index contributed by atoms with van der Waals surface area (Å²) in [6, 6.07) is 10.2. The number of aromatic nitrogens is 2. The average molecular weight is 273 g/mol. The molecule has 0 saturated heterocycles. The molecule has 1 atom stereocenters. The van der Waals surface area contributed by atoms with Crippen LogP contribution >= 0.6 is 0 Å². The molecule has 4 nitrogen and oxygen atoms in total. The number of nitrogens with zero attached hydrogens (tertiary/aromatic N) is 2. The van der Waals surface area contributed by atoms with Crippen LogP contribution in [-0.4, -0.2) is 9.78 Å². The summed E-state index contributed by atoms with van der Waals surface area (Å²) in [7, 11) is 1.95. The lowest BCUT2D eigenvalue weighted by molar-refractivity contribution is 0.294. The SMILES string of the molecule is CCc1cc(COc2ccc(C(N)CC)cc2)n(C)n1. The highest BCUT2D eigenvalue weighted by molar-refractivity contribution is 5.29. The lowest BCUT2D eigenvalue weighted by Gasteiger charge is -2.11. The third-order valence-corrected chi connectivity index (χ3v) is 3.52. The minimum Gasteiger partial charge on any atom is -0.487 e. The van der Waals surface area contributed by atoms with E-state index in [9.17, 15) is 0 Å². The van der Waals surface area contributed by atoms with Crippen LogP contribution in [-0.2, 0) is 20.1 Å². The molecule has 2 N–H and O–H groups in total. The van der Waals surface area contributed by atoms with Gasteiger partial charge in [0.25, 0.3) is 0 Å². The fourth-order valence-electron chi connectivity index (χ4n) is 2.08. The molecule has 4 heteroatoms. The van der Waals surface area contributed by atoms with E-state index in [1.54, 1.807) is 0 Å². The highest BCUT2D eigenvalue weighted by atomic mass is 16.5. The molecule has 0 bridgehead atoms. The zero-order valence-corrected chi connectivity index (χ0v) is 12.5. The zero-order chi connectivity index (χ0) is 14.5. The van der Waals surface area contributed by atoms with Gasteiger partial charge < -0.3 is 10.5 Å². The Labute approximate surface area is 120 Å². The Bertz CT molecular complexity index is 545. The van der Waals surface area contributed by atoms with Crippen molar-refractivity contribution >= 4 is 0 Å². The molecule has 1 aromatic heterocycles. The molecule has 1 heterocycles. The maximum absolute atomic E-state index is 5.99. The number of aryl methyl sites for hydroxylation is 2. The van der Waals surface area contributed by atoms with Crippen molar-refractivity contribution < 1.29 is 4.74 Å². The number of benzene rings is 1. The van der Waals surface area contributed by atoms with Crippen LogP contribution in [0.25, 0.3) is 0 Å². The Morgan fingerprint density at radius 2 is 1.95 bits per heavy atom. The highest BCUT2D eigenvalue weighted by Gasteiger charge is 2.06. The summed E-state index contributed by atoms with van der Waals surface area (Å²) < 4.78 is 7.67. The Kier molecular flexibility index (Phi) is 4.79. The summed E-state index contributed by atoms with van der Waals surface area (Å²) in [5.74, 6) is 0.858. The van der Waals surface area contributed by atoms with Crippen LogP contribution < -0.4 is 10.5 Å². The minimum atomic E-state index is 0.105. The maximum atomic E-state index is 5.99. The van der Waals surface area contributed by atoms with Gasteiger partial charge >= 0.3 is 0 Å². The van der Waals surface area contributed by atoms with E-state index >= 15 is 0 Å². The van der Waals surface area contributed by atoms with Crippen molar-refractivity contribution in [3.05, 3.63) is 47.3 Å². The fourth-order valence-corrected chi connectivity index (χ4v) is 2.08. The number of ether oxygens (including phenoxy) is 1. The molecule has 0 amide bonds. The second-order valence-electron chi connectivity index (χ2n) is 4.98. The largest absolute Gasteiger partial charge is 0.487 e. The lowest BCUT2D eigenvalue weighted by atomic mass is 10.1. The summed E-state index contributed by atoms with van der Waals surface area (Å²) in [4.78, 5) is 0. The molecule has 0 aliphatic rings. The van der Waals surface area contributed by atoms with Gasteiger partial charge in [0.05, 0.1) is 11.4 Å². The Hall–Kier alpha value is -1.81. The number of nitrogens with two attached hydrogens (primary N) is 1. The number of rotatable bonds is 6. The van der Waals surface area contributed by atoms with Gasteiger partial charge in [0.15, 0.2) is 0 Å². The topological polar surface area (TPSA) is 53.1 Å². The van der Waals surface area contributed by atoms with Crippen LogP contribution in [0.5, 0.6) is 5.75 Å². The molecule has 2 rings (SSSR count). The van der Waals surface area contributed by atoms with E-state index < -0.39 is 0 Å². The minimum absolute atomic E-state index is 0.105. The number of hydrogen-bond acceptors (Lipinski definition) is 3. The molecular weight excluding hydrogens is 250 g/mol. The van der Waals surface area contributed by atoms with Gasteiger partial charge in [0, 0.05) is 13.1 Å². The molecule has 2 aromatic rings. The quantitative estimate of drug-likeness (QED) is 0.880. The molecule has 0 saturated carbocycles. The van der Waals surface area contributed by atoms with E-state index in [0.717, 1.165) is 35.5 Å². The molecule has 1 aromatic carbocycles. The van der Waals surface area contributed by atoms with E-state index in [-0.39, 0.29) is 6.04 Å². The molecule has 0 radical (unpaired) electrons. The van der Waals surface area contributed by atoms with E-state index in [4.69, 9.17) is 10.5 Å². The van der Waals surface area contributed by atoms with Crippen LogP contribution in [0.3, 0.4) is 0 Å². The van der Waals surface area contributed by atoms with Crippen molar-refractivity contribution in [1.29, 1.82) is 0 Å². The van der Waals surface area contributed by atoms with Crippen LogP contribution in [0, 0.1) is 0 Å². The van der Waals surface area contributed by atoms with E-state index in [2.05, 4.69) is 25.0 Å². The van der Waals surface area contributed by atoms with Gasteiger partial charge in [0.2, 0.25) is 0 Å². The Morgan fingerprint density at radius 3 is 2.50 bits per heavy atom. The van der Waals surface area contributed by atoms with Gasteiger partial charge in [-0.15, -0.1) is 0 Å². The predicted octanol–water partition coefficient (Wildman–Crippen LogP) is 2.97. The summed E-state index contributed by atoms with van der Waals surface area (Å²) in [6.07, 6.45) is 1.88. The van der Waals surface area contributed by atoms with Crippen LogP contribution in [0.2, 0.25) is 0 Å². The second kappa shape index (κ2) is 6.57. The molecule has 108 valence electrons. The van der Waals surface area contributed by atoms with Crippen molar-refractivity contribution in [3.8, 4) is 5.75 Å². The zero-order valence-electron chi connectivity index (χ0n) is 12.5. The van der Waals surface area contributed by atoms with Crippen molar-refractivity contribution in [2.45, 2.75) is 39.3 Å². The van der Waals surface area contributed by atoms with E-state index in [1.807, 2.05) is 36.0 Å². The molecular formula is C16H23N3O. The van der Waals surface area contributed by atoms with E-state index in [1.165, 1.54) is 0 Å². The number of hydrogen-bond donors (Lipinski definition) is 1. The van der Waals surface area contributed by atoms with Gasteiger partial charge in [-0.25, -0.2) is 0 Å². The second-order valence-corrected chi connectivity index (χ2v) is 4.98. The van der Waals surface area contributed by atoms with Gasteiger partial charge in [0.1, 0.15) is 12.4 Å². The molecule has 0 aliphatic carbocycles. The average Bonchev–Trinajstić information content (AvgIpc) is 2.85. The summed E-state index contributed by atoms with van der Waals surface area (Å²) >= 11 is 0. The predicted molar refractivity (Wildman–Crippen MR) is 80.6 cm³/mol. The first-order valence-corrected chi connectivity index (χ1v) is 7.14. The van der Waals surface area contributed by atoms with Gasteiger partial charge in [-0.05, 0) is 36.6 Å². The smallest absolute Gasteiger partial charge is 0.130 e. The van der Waals surface area contributed by atoms with Crippen LogP contribution in [0.15, 0.2) is 30.3 Å². The van der Waals surface area contributed by atoms with Crippen molar-refractivity contribution in [3.63, 3.8) is 0 Å². The summed E-state index contributed by atoms with van der Waals surface area (Å²) in [5, 5.41) is 4.41. The molecule has 0 aliphatic heterocycles. The summed E-state index contributed by atoms with van der Waals surface area (Å²) in [6.45, 7) is 4.72. The van der Waals surface area contributed by atoms with Crippen LogP contribution in [0.4, 0.5) is 0 Å². The molecule has 1 unspecified atom stereocenters. The maximum Gasteiger partial charge on any atom is 0.130 e. The molecule has 20 heavy (non-hydrogen) atoms. The monoisotopic (exact) mass is 273 g/mol. The van der Waals surface area contributed by atoms with Gasteiger partial charge in [-0.3, -0.25) is 4.68 Å². The third-order valence-electron chi connectivity index (χ3n) is 3.52. The third kappa shape index (κ3) is 3.39. The highest BCUT2D eigenvalue weighted by Crippen LogP contribution is 2.19. The van der Waals surface area contributed by atoms with Crippen molar-refractivity contribution in [2.75, 3.05) is 0 Å². The lowest BCUT2D eigenvalue weighted by Crippen LogP contribution is -2.08.